The Morgan fingerprint density at radius 3 is 1.25 bits per heavy atom. The van der Waals surface area contributed by atoms with Crippen LogP contribution >= 0.6 is 0 Å². The fourth-order valence-electron chi connectivity index (χ4n) is 10.8. The molecule has 0 bridgehead atoms. The van der Waals surface area contributed by atoms with Crippen LogP contribution in [0.25, 0.3) is 0 Å². The summed E-state index contributed by atoms with van der Waals surface area (Å²) in [6.45, 7) is 22.9. The predicted molar refractivity (Wildman–Crippen MR) is 255 cm³/mol. The molecule has 0 fully saturated rings. The van der Waals surface area contributed by atoms with E-state index in [-0.39, 0.29) is 18.8 Å². The standard InChI is InChI=1S/2C21H28F2NSi.2C5H5.Ti/c2*1-6-19(14-17-11-9-8-10-16(17)3)25(4,5)24(7-2)21-13-12-18(22)15-20(21)23;2*1-2-4-5-3-1;/h2*8-13,19H,6-7,14H2,1-5H3;2*1-3H,4H2;. The summed E-state index contributed by atoms with van der Waals surface area (Å²) in [5.41, 5.74) is 6.19. The third kappa shape index (κ3) is 8.68. The molecule has 2 unspecified atom stereocenters. The molecule has 2 nitrogen and oxygen atoms in total. The van der Waals surface area contributed by atoms with E-state index in [1.807, 2.05) is 50.3 Å². The molecule has 0 aromatic heterocycles. The zero-order valence-corrected chi connectivity index (χ0v) is 41.7. The zero-order chi connectivity index (χ0) is 44.3. The minimum absolute atomic E-state index is 0.127. The second-order valence-electron chi connectivity index (χ2n) is 18.2. The van der Waals surface area contributed by atoms with E-state index >= 15 is 17.6 Å². The zero-order valence-electron chi connectivity index (χ0n) is 38.1. The number of benzene rings is 4. The molecule has 2 aliphatic carbocycles. The normalized spacial score (nSPS) is 15.2. The molecule has 9 heteroatoms. The van der Waals surface area contributed by atoms with E-state index in [0.717, 1.165) is 33.4 Å². The van der Waals surface area contributed by atoms with E-state index in [4.69, 9.17) is 0 Å². The van der Waals surface area contributed by atoms with Gasteiger partial charge in [0.25, 0.3) is 0 Å². The molecule has 4 aromatic carbocycles. The van der Waals surface area contributed by atoms with Crippen LogP contribution in [0.2, 0.25) is 37.3 Å². The van der Waals surface area contributed by atoms with Crippen molar-refractivity contribution in [1.29, 1.82) is 0 Å². The number of halogens is 4. The number of hydrogen-bond donors (Lipinski definition) is 0. The summed E-state index contributed by atoms with van der Waals surface area (Å²) in [6, 6.07) is 22.8. The third-order valence-corrected chi connectivity index (χ3v) is 31.5. The number of nitrogens with zero attached hydrogens (tertiary/aromatic N) is 2. The second kappa shape index (κ2) is 19.4. The average molecular weight is 899 g/mol. The van der Waals surface area contributed by atoms with Crippen LogP contribution in [-0.4, -0.2) is 29.6 Å². The molecule has 0 N–H and O–H groups in total. The molecule has 0 spiro atoms. The van der Waals surface area contributed by atoms with Gasteiger partial charge in [0, 0.05) is 0 Å². The van der Waals surface area contributed by atoms with Crippen LogP contribution in [-0.2, 0) is 29.4 Å². The van der Waals surface area contributed by atoms with Crippen molar-refractivity contribution < 1.29 is 34.2 Å². The van der Waals surface area contributed by atoms with Crippen LogP contribution in [0.4, 0.5) is 28.9 Å². The molecule has 0 saturated heterocycles. The number of allylic oxidation sites excluding steroid dienone is 8. The summed E-state index contributed by atoms with van der Waals surface area (Å²) in [6.07, 6.45) is 15.7. The van der Waals surface area contributed by atoms with E-state index < -0.39 is 56.3 Å². The van der Waals surface area contributed by atoms with Gasteiger partial charge in [-0.3, -0.25) is 0 Å². The van der Waals surface area contributed by atoms with Crippen molar-refractivity contribution in [2.24, 2.45) is 0 Å². The van der Waals surface area contributed by atoms with Gasteiger partial charge in [-0.15, -0.1) is 0 Å². The second-order valence-corrected chi connectivity index (χ2v) is 33.4. The van der Waals surface area contributed by atoms with Crippen LogP contribution in [0.3, 0.4) is 0 Å². The van der Waals surface area contributed by atoms with Crippen molar-refractivity contribution in [3.8, 4) is 0 Å². The number of anilines is 2. The summed E-state index contributed by atoms with van der Waals surface area (Å²) in [7, 11) is -5.02. The Labute approximate surface area is 369 Å². The Hall–Kier alpha value is -3.69. The maximum atomic E-state index is 18.5. The van der Waals surface area contributed by atoms with Crippen molar-refractivity contribution in [2.75, 3.05) is 22.2 Å². The Morgan fingerprint density at radius 1 is 0.557 bits per heavy atom. The molecule has 6 rings (SSSR count). The molecular formula is C52H66F4N2Si2Ti. The topological polar surface area (TPSA) is 6.48 Å². The first-order chi connectivity index (χ1) is 29.1. The third-order valence-electron chi connectivity index (χ3n) is 14.4. The van der Waals surface area contributed by atoms with E-state index in [2.05, 4.69) is 112 Å². The fraction of sp³-hybridized carbons (Fsp3) is 0.385. The van der Waals surface area contributed by atoms with Crippen molar-refractivity contribution in [3.05, 3.63) is 163 Å². The van der Waals surface area contributed by atoms with E-state index in [1.165, 1.54) is 34.4 Å². The van der Waals surface area contributed by atoms with Crippen molar-refractivity contribution >= 4 is 35.6 Å². The SMILES string of the molecule is CCC(Cc1ccccc1C)[Si](C)(C)N(CC)c1ccc(F)[c]([Ti]([C]2=CC=CC2)([C]2=CC=CC2)[c]2c(F)ccc(N(CC)[Si](C)(C)C(CC)Cc3ccccc3C)c2F)c1F. The van der Waals surface area contributed by atoms with Crippen LogP contribution < -0.4 is 16.9 Å². The van der Waals surface area contributed by atoms with Gasteiger partial charge >= 0.3 is 372 Å². The van der Waals surface area contributed by atoms with E-state index in [0.29, 0.717) is 37.3 Å². The summed E-state index contributed by atoms with van der Waals surface area (Å²) in [4.78, 5) is 0. The molecule has 0 aliphatic heterocycles. The van der Waals surface area contributed by atoms with Crippen molar-refractivity contribution in [2.45, 2.75) is 117 Å². The quantitative estimate of drug-likeness (QED) is 0.0725. The van der Waals surface area contributed by atoms with Crippen LogP contribution in [0.5, 0.6) is 0 Å². The molecule has 0 radical (unpaired) electrons. The monoisotopic (exact) mass is 898 g/mol. The van der Waals surface area contributed by atoms with Gasteiger partial charge in [0.05, 0.1) is 0 Å². The van der Waals surface area contributed by atoms with Gasteiger partial charge in [-0.05, 0) is 0 Å². The van der Waals surface area contributed by atoms with Gasteiger partial charge in [0.1, 0.15) is 0 Å². The molecular weight excluding hydrogens is 833 g/mol. The van der Waals surface area contributed by atoms with Crippen LogP contribution in [0, 0.1) is 37.1 Å². The maximum absolute atomic E-state index is 18.5. The molecule has 2 atom stereocenters. The van der Waals surface area contributed by atoms with Gasteiger partial charge in [-0.1, -0.05) is 0 Å². The summed E-state index contributed by atoms with van der Waals surface area (Å²) < 4.78 is 77.3. The molecule has 324 valence electrons. The van der Waals surface area contributed by atoms with Gasteiger partial charge < -0.3 is 0 Å². The number of rotatable bonds is 18. The van der Waals surface area contributed by atoms with E-state index in [9.17, 15) is 0 Å². The Balaban J connectivity index is 1.58. The van der Waals surface area contributed by atoms with Crippen LogP contribution in [0.15, 0.2) is 117 Å². The first-order valence-corrected chi connectivity index (χ1v) is 31.6. The minimum atomic E-state index is -5.13. The summed E-state index contributed by atoms with van der Waals surface area (Å²) in [5.74, 6) is -2.83. The molecule has 0 amide bonds. The van der Waals surface area contributed by atoms with Gasteiger partial charge in [-0.25, -0.2) is 0 Å². The first-order valence-electron chi connectivity index (χ1n) is 22.4. The molecule has 4 aromatic rings. The van der Waals surface area contributed by atoms with Gasteiger partial charge in [0.15, 0.2) is 0 Å². The van der Waals surface area contributed by atoms with Crippen molar-refractivity contribution in [3.63, 3.8) is 0 Å². The van der Waals surface area contributed by atoms with Gasteiger partial charge in [0.2, 0.25) is 0 Å². The molecule has 0 saturated carbocycles. The number of hydrogen-bond acceptors (Lipinski definition) is 2. The predicted octanol–water partition coefficient (Wildman–Crippen LogP) is 13.8. The Morgan fingerprint density at radius 2 is 0.934 bits per heavy atom. The Kier molecular flexibility index (Phi) is 14.9. The van der Waals surface area contributed by atoms with Gasteiger partial charge in [-0.2, -0.15) is 0 Å². The number of aryl methyl sites for hydroxylation is 2. The molecule has 2 aliphatic rings. The average Bonchev–Trinajstić information content (AvgIpc) is 3.98. The summed E-state index contributed by atoms with van der Waals surface area (Å²) >= 11 is -5.13. The molecule has 61 heavy (non-hydrogen) atoms. The van der Waals surface area contributed by atoms with Crippen LogP contribution in [0.1, 0.15) is 75.6 Å². The first kappa shape index (κ1) is 46.8. The summed E-state index contributed by atoms with van der Waals surface area (Å²) in [5, 5.41) is 0. The molecule has 0 heterocycles. The van der Waals surface area contributed by atoms with E-state index in [1.54, 1.807) is 12.1 Å². The Bertz CT molecular complexity index is 2180. The fourth-order valence-corrected chi connectivity index (χ4v) is 26.6. The van der Waals surface area contributed by atoms with Crippen molar-refractivity contribution in [1.82, 2.24) is 0 Å².